The maximum absolute atomic E-state index is 12.9. The first-order valence-corrected chi connectivity index (χ1v) is 12.5. The Morgan fingerprint density at radius 1 is 0.944 bits per heavy atom. The van der Waals surface area contributed by atoms with Crippen LogP contribution in [-0.2, 0) is 9.59 Å². The van der Waals surface area contributed by atoms with Gasteiger partial charge in [0.2, 0.25) is 0 Å². The van der Waals surface area contributed by atoms with Gasteiger partial charge in [0.05, 0.1) is 30.0 Å². The molecule has 1 N–H and O–H groups in total. The van der Waals surface area contributed by atoms with Crippen LogP contribution in [0, 0.1) is 6.92 Å². The Bertz CT molecular complexity index is 1280. The Labute approximate surface area is 218 Å². The van der Waals surface area contributed by atoms with E-state index in [-0.39, 0.29) is 5.57 Å². The van der Waals surface area contributed by atoms with Crippen LogP contribution in [0.5, 0.6) is 17.2 Å². The standard InChI is InChI=1S/C28H27BrN2O5/c1-3-34-25-18-20(16-23-27(32)30-31(28(23)33)21-10-5-4-6-11-21)17-24(29)26(25)36-14-8-13-35-22-12-7-9-19(2)15-22/h4-7,9-12,15-18H,3,8,13-14H2,1-2H3,(H,30,32)/b23-16-. The van der Waals surface area contributed by atoms with Crippen molar-refractivity contribution in [1.29, 1.82) is 0 Å². The van der Waals surface area contributed by atoms with Gasteiger partial charge in [0.25, 0.3) is 11.8 Å². The molecule has 0 spiro atoms. The summed E-state index contributed by atoms with van der Waals surface area (Å²) in [5, 5.41) is 1.24. The molecule has 1 aliphatic heterocycles. The number of aryl methyl sites for hydroxylation is 1. The molecule has 0 saturated carbocycles. The first kappa shape index (κ1) is 25.3. The van der Waals surface area contributed by atoms with Gasteiger partial charge >= 0.3 is 0 Å². The minimum Gasteiger partial charge on any atom is -0.493 e. The molecule has 0 aromatic heterocycles. The fraction of sp³-hybridized carbons (Fsp3) is 0.214. The van der Waals surface area contributed by atoms with Crippen molar-refractivity contribution in [3.63, 3.8) is 0 Å². The van der Waals surface area contributed by atoms with Gasteiger partial charge in [0.15, 0.2) is 11.5 Å². The van der Waals surface area contributed by atoms with Crippen molar-refractivity contribution in [3.8, 4) is 17.2 Å². The lowest BCUT2D eigenvalue weighted by atomic mass is 10.1. The number of ether oxygens (including phenoxy) is 3. The lowest BCUT2D eigenvalue weighted by Crippen LogP contribution is -2.35. The molecule has 186 valence electrons. The normalized spacial score (nSPS) is 14.2. The predicted octanol–water partition coefficient (Wildman–Crippen LogP) is 5.47. The van der Waals surface area contributed by atoms with Crippen molar-refractivity contribution >= 4 is 39.5 Å². The molecule has 7 nitrogen and oxygen atoms in total. The summed E-state index contributed by atoms with van der Waals surface area (Å²) in [5.74, 6) is 1.02. The number of carbonyl (C=O) groups excluding carboxylic acids is 2. The van der Waals surface area contributed by atoms with Gasteiger partial charge in [0.1, 0.15) is 11.3 Å². The summed E-state index contributed by atoms with van der Waals surface area (Å²) in [4.78, 5) is 25.4. The summed E-state index contributed by atoms with van der Waals surface area (Å²) >= 11 is 3.55. The van der Waals surface area contributed by atoms with Crippen molar-refractivity contribution in [3.05, 3.63) is 87.9 Å². The zero-order valence-electron chi connectivity index (χ0n) is 20.1. The second-order valence-corrected chi connectivity index (χ2v) is 8.96. The summed E-state index contributed by atoms with van der Waals surface area (Å²) in [6.07, 6.45) is 2.23. The lowest BCUT2D eigenvalue weighted by molar-refractivity contribution is -0.117. The van der Waals surface area contributed by atoms with Gasteiger partial charge in [-0.2, -0.15) is 0 Å². The minimum absolute atomic E-state index is 0.0372. The highest BCUT2D eigenvalue weighted by Crippen LogP contribution is 2.38. The fourth-order valence-electron chi connectivity index (χ4n) is 3.69. The van der Waals surface area contributed by atoms with Crippen LogP contribution < -0.4 is 24.6 Å². The van der Waals surface area contributed by atoms with E-state index in [0.29, 0.717) is 53.5 Å². The van der Waals surface area contributed by atoms with Crippen LogP contribution in [-0.4, -0.2) is 31.6 Å². The highest BCUT2D eigenvalue weighted by Gasteiger charge is 2.34. The Morgan fingerprint density at radius 3 is 2.47 bits per heavy atom. The average molecular weight is 551 g/mol. The molecule has 3 aromatic rings. The third-order valence-electron chi connectivity index (χ3n) is 5.34. The summed E-state index contributed by atoms with van der Waals surface area (Å²) in [5.41, 5.74) is 5.01. The first-order valence-electron chi connectivity index (χ1n) is 11.7. The van der Waals surface area contributed by atoms with E-state index in [4.69, 9.17) is 14.2 Å². The molecule has 0 aliphatic carbocycles. The van der Waals surface area contributed by atoms with E-state index in [9.17, 15) is 9.59 Å². The fourth-order valence-corrected chi connectivity index (χ4v) is 4.26. The molecule has 0 atom stereocenters. The van der Waals surface area contributed by atoms with Gasteiger partial charge in [-0.25, -0.2) is 5.01 Å². The van der Waals surface area contributed by atoms with E-state index in [2.05, 4.69) is 21.4 Å². The molecular formula is C28H27BrN2O5. The van der Waals surface area contributed by atoms with Gasteiger partial charge in [-0.1, -0.05) is 30.3 Å². The van der Waals surface area contributed by atoms with Crippen LogP contribution in [0.2, 0.25) is 0 Å². The number of rotatable bonds is 10. The van der Waals surface area contributed by atoms with Gasteiger partial charge in [-0.15, -0.1) is 0 Å². The number of halogens is 1. The molecular weight excluding hydrogens is 524 g/mol. The van der Waals surface area contributed by atoms with E-state index in [1.54, 1.807) is 42.5 Å². The monoisotopic (exact) mass is 550 g/mol. The van der Waals surface area contributed by atoms with Gasteiger partial charge in [-0.05, 0) is 83.4 Å². The Hall–Kier alpha value is -3.78. The molecule has 8 heteroatoms. The number of nitrogens with zero attached hydrogens (tertiary/aromatic N) is 1. The van der Waals surface area contributed by atoms with Gasteiger partial charge in [-0.3, -0.25) is 15.0 Å². The second-order valence-electron chi connectivity index (χ2n) is 8.11. The van der Waals surface area contributed by atoms with Crippen molar-refractivity contribution in [2.45, 2.75) is 20.3 Å². The zero-order valence-corrected chi connectivity index (χ0v) is 21.7. The molecule has 1 aliphatic rings. The topological polar surface area (TPSA) is 77.1 Å². The molecule has 0 bridgehead atoms. The number of nitrogens with one attached hydrogen (secondary N) is 1. The molecule has 0 unspecified atom stereocenters. The zero-order chi connectivity index (χ0) is 25.5. The van der Waals surface area contributed by atoms with Crippen molar-refractivity contribution in [2.24, 2.45) is 0 Å². The van der Waals surface area contributed by atoms with Gasteiger partial charge < -0.3 is 14.2 Å². The maximum Gasteiger partial charge on any atom is 0.282 e. The summed E-state index contributed by atoms with van der Waals surface area (Å²) in [6.45, 7) is 5.28. The molecule has 2 amide bonds. The second kappa shape index (κ2) is 11.8. The Morgan fingerprint density at radius 2 is 1.72 bits per heavy atom. The predicted molar refractivity (Wildman–Crippen MR) is 142 cm³/mol. The van der Waals surface area contributed by atoms with Crippen LogP contribution >= 0.6 is 15.9 Å². The highest BCUT2D eigenvalue weighted by molar-refractivity contribution is 9.10. The largest absolute Gasteiger partial charge is 0.493 e. The lowest BCUT2D eigenvalue weighted by Gasteiger charge is -2.15. The quantitative estimate of drug-likeness (QED) is 0.206. The van der Waals surface area contributed by atoms with E-state index in [0.717, 1.165) is 11.3 Å². The number of para-hydroxylation sites is 1. The molecule has 36 heavy (non-hydrogen) atoms. The molecule has 4 rings (SSSR count). The number of hydrogen-bond acceptors (Lipinski definition) is 5. The van der Waals surface area contributed by atoms with Gasteiger partial charge in [0, 0.05) is 6.42 Å². The first-order chi connectivity index (χ1) is 17.5. The van der Waals surface area contributed by atoms with E-state index in [1.165, 1.54) is 5.01 Å². The Kier molecular flexibility index (Phi) is 8.28. The van der Waals surface area contributed by atoms with Crippen molar-refractivity contribution in [2.75, 3.05) is 24.8 Å². The smallest absolute Gasteiger partial charge is 0.282 e. The Balaban J connectivity index is 1.45. The van der Waals surface area contributed by atoms with Crippen LogP contribution in [0.3, 0.4) is 0 Å². The van der Waals surface area contributed by atoms with E-state index >= 15 is 0 Å². The average Bonchev–Trinajstić information content (AvgIpc) is 3.14. The molecule has 1 heterocycles. The number of benzene rings is 3. The van der Waals surface area contributed by atoms with Crippen LogP contribution in [0.15, 0.2) is 76.8 Å². The van der Waals surface area contributed by atoms with Crippen molar-refractivity contribution < 1.29 is 23.8 Å². The number of carbonyl (C=O) groups is 2. The van der Waals surface area contributed by atoms with Crippen LogP contribution in [0.1, 0.15) is 24.5 Å². The minimum atomic E-state index is -0.466. The van der Waals surface area contributed by atoms with Crippen LogP contribution in [0.25, 0.3) is 6.08 Å². The molecule has 1 saturated heterocycles. The van der Waals surface area contributed by atoms with E-state index < -0.39 is 11.8 Å². The number of hydrogen-bond donors (Lipinski definition) is 1. The molecule has 1 fully saturated rings. The summed E-state index contributed by atoms with van der Waals surface area (Å²) in [7, 11) is 0. The van der Waals surface area contributed by atoms with Crippen LogP contribution in [0.4, 0.5) is 5.69 Å². The summed E-state index contributed by atoms with van der Waals surface area (Å²) < 4.78 is 18.2. The number of anilines is 1. The maximum atomic E-state index is 12.9. The third-order valence-corrected chi connectivity index (χ3v) is 5.93. The number of amides is 2. The van der Waals surface area contributed by atoms with E-state index in [1.807, 2.05) is 44.2 Å². The third kappa shape index (κ3) is 6.07. The number of hydrazine groups is 1. The molecule has 0 radical (unpaired) electrons. The van der Waals surface area contributed by atoms with Crippen molar-refractivity contribution in [1.82, 2.24) is 5.43 Å². The highest BCUT2D eigenvalue weighted by atomic mass is 79.9. The molecule has 3 aromatic carbocycles. The summed E-state index contributed by atoms with van der Waals surface area (Å²) in [6, 6.07) is 20.4. The SMILES string of the molecule is CCOc1cc(/C=C2/C(=O)NN(c3ccccc3)C2=O)cc(Br)c1OCCCOc1cccc(C)c1.